The molecule has 1 heterocycles. The molecule has 0 saturated heterocycles. The summed E-state index contributed by atoms with van der Waals surface area (Å²) < 4.78 is 14.8. The van der Waals surface area contributed by atoms with Crippen molar-refractivity contribution in [1.29, 1.82) is 0 Å². The van der Waals surface area contributed by atoms with Gasteiger partial charge in [0.1, 0.15) is 5.82 Å². The zero-order valence-electron chi connectivity index (χ0n) is 8.61. The van der Waals surface area contributed by atoms with Crippen LogP contribution in [0, 0.1) is 12.7 Å². The fourth-order valence-corrected chi connectivity index (χ4v) is 1.54. The average Bonchev–Trinajstić information content (AvgIpc) is 2.57. The van der Waals surface area contributed by atoms with Gasteiger partial charge in [0.05, 0.1) is 17.3 Å². The minimum absolute atomic E-state index is 0.107. The van der Waals surface area contributed by atoms with Crippen LogP contribution in [-0.2, 0) is 6.54 Å². The number of benzene rings is 1. The Labute approximate surface area is 96.8 Å². The third-order valence-corrected chi connectivity index (χ3v) is 2.79. The Morgan fingerprint density at radius 2 is 2.25 bits per heavy atom. The fraction of sp³-hybridized carbons (Fsp3) is 0.200. The summed E-state index contributed by atoms with van der Waals surface area (Å²) in [5.41, 5.74) is 6.94. The second-order valence-corrected chi connectivity index (χ2v) is 3.81. The quantitative estimate of drug-likeness (QED) is 0.874. The van der Waals surface area contributed by atoms with E-state index in [1.165, 1.54) is 6.07 Å². The Kier molecular flexibility index (Phi) is 2.78. The van der Waals surface area contributed by atoms with Gasteiger partial charge in [-0.2, -0.15) is 0 Å². The van der Waals surface area contributed by atoms with Crippen LogP contribution in [0.5, 0.6) is 0 Å². The summed E-state index contributed by atoms with van der Waals surface area (Å²) in [4.78, 5) is 0. The van der Waals surface area contributed by atoms with E-state index in [0.717, 1.165) is 5.69 Å². The Balaban J connectivity index is 2.34. The first kappa shape index (κ1) is 10.9. The van der Waals surface area contributed by atoms with E-state index in [1.54, 1.807) is 23.7 Å². The van der Waals surface area contributed by atoms with Crippen LogP contribution < -0.4 is 5.73 Å². The van der Waals surface area contributed by atoms with Gasteiger partial charge >= 0.3 is 0 Å². The number of nitrogens with two attached hydrogens (primary N) is 1. The molecule has 0 amide bonds. The molecule has 1 aromatic heterocycles. The van der Waals surface area contributed by atoms with E-state index in [2.05, 4.69) is 10.3 Å². The van der Waals surface area contributed by atoms with Crippen molar-refractivity contribution in [1.82, 2.24) is 15.0 Å². The van der Waals surface area contributed by atoms with Crippen LogP contribution in [0.4, 0.5) is 10.2 Å². The molecule has 0 saturated carbocycles. The lowest BCUT2D eigenvalue weighted by atomic mass is 10.2. The van der Waals surface area contributed by atoms with Crippen molar-refractivity contribution >= 4 is 17.4 Å². The van der Waals surface area contributed by atoms with Crippen LogP contribution in [0.3, 0.4) is 0 Å². The second-order valence-electron chi connectivity index (χ2n) is 3.43. The lowest BCUT2D eigenvalue weighted by molar-refractivity contribution is 0.609. The molecule has 2 rings (SSSR count). The maximum atomic E-state index is 13.2. The normalized spacial score (nSPS) is 10.7. The van der Waals surface area contributed by atoms with Crippen molar-refractivity contribution in [3.63, 3.8) is 0 Å². The lowest BCUT2D eigenvalue weighted by Gasteiger charge is -2.06. The largest absolute Gasteiger partial charge is 0.381 e. The number of hydrogen-bond acceptors (Lipinski definition) is 3. The van der Waals surface area contributed by atoms with E-state index in [4.69, 9.17) is 17.3 Å². The first-order chi connectivity index (χ1) is 7.59. The molecule has 2 aromatic rings. The highest BCUT2D eigenvalue weighted by Crippen LogP contribution is 2.21. The Morgan fingerprint density at radius 1 is 1.50 bits per heavy atom. The molecule has 16 heavy (non-hydrogen) atoms. The monoisotopic (exact) mass is 240 g/mol. The second kappa shape index (κ2) is 4.09. The van der Waals surface area contributed by atoms with E-state index >= 15 is 0 Å². The smallest absolute Gasteiger partial charge is 0.168 e. The van der Waals surface area contributed by atoms with Gasteiger partial charge in [-0.3, -0.25) is 0 Å². The predicted octanol–water partition coefficient (Wildman–Crippen LogP) is 2.01. The van der Waals surface area contributed by atoms with Crippen LogP contribution in [-0.4, -0.2) is 15.0 Å². The fourth-order valence-electron chi connectivity index (χ4n) is 1.36. The highest BCUT2D eigenvalue weighted by atomic mass is 35.5. The molecule has 84 valence electrons. The third kappa shape index (κ3) is 1.86. The van der Waals surface area contributed by atoms with Gasteiger partial charge in [0.2, 0.25) is 0 Å². The van der Waals surface area contributed by atoms with Crippen molar-refractivity contribution in [3.05, 3.63) is 40.3 Å². The molecule has 0 fully saturated rings. The van der Waals surface area contributed by atoms with Crippen molar-refractivity contribution in [2.24, 2.45) is 0 Å². The first-order valence-electron chi connectivity index (χ1n) is 4.68. The van der Waals surface area contributed by atoms with Crippen molar-refractivity contribution < 1.29 is 4.39 Å². The number of nitrogen functional groups attached to an aromatic ring is 1. The minimum atomic E-state index is -0.440. The molecule has 0 unspecified atom stereocenters. The van der Waals surface area contributed by atoms with Crippen molar-refractivity contribution in [3.8, 4) is 0 Å². The molecule has 1 aromatic carbocycles. The lowest BCUT2D eigenvalue weighted by Crippen LogP contribution is -2.05. The molecule has 0 atom stereocenters. The van der Waals surface area contributed by atoms with Gasteiger partial charge in [-0.05, 0) is 18.6 Å². The molecule has 0 aliphatic heterocycles. The van der Waals surface area contributed by atoms with Crippen LogP contribution in [0.15, 0.2) is 18.2 Å². The molecule has 0 aliphatic carbocycles. The minimum Gasteiger partial charge on any atom is -0.381 e. The Morgan fingerprint density at radius 3 is 2.88 bits per heavy atom. The summed E-state index contributed by atoms with van der Waals surface area (Å²) >= 11 is 5.83. The van der Waals surface area contributed by atoms with E-state index in [0.29, 0.717) is 17.9 Å². The summed E-state index contributed by atoms with van der Waals surface area (Å²) in [6, 6.07) is 4.66. The van der Waals surface area contributed by atoms with Crippen LogP contribution in [0.25, 0.3) is 0 Å². The van der Waals surface area contributed by atoms with E-state index in [-0.39, 0.29) is 5.02 Å². The molecule has 0 radical (unpaired) electrons. The average molecular weight is 241 g/mol. The van der Waals surface area contributed by atoms with Gasteiger partial charge < -0.3 is 5.73 Å². The maximum absolute atomic E-state index is 13.2. The van der Waals surface area contributed by atoms with Gasteiger partial charge in [-0.25, -0.2) is 9.07 Å². The number of anilines is 1. The topological polar surface area (TPSA) is 56.7 Å². The van der Waals surface area contributed by atoms with Gasteiger partial charge in [-0.1, -0.05) is 28.9 Å². The first-order valence-corrected chi connectivity index (χ1v) is 5.06. The van der Waals surface area contributed by atoms with Crippen LogP contribution in [0.1, 0.15) is 11.3 Å². The van der Waals surface area contributed by atoms with Crippen LogP contribution in [0.2, 0.25) is 5.02 Å². The van der Waals surface area contributed by atoms with E-state index in [9.17, 15) is 4.39 Å². The highest BCUT2D eigenvalue weighted by molar-refractivity contribution is 6.31. The number of hydrogen-bond donors (Lipinski definition) is 1. The zero-order chi connectivity index (χ0) is 11.7. The van der Waals surface area contributed by atoms with Gasteiger partial charge in [-0.15, -0.1) is 5.10 Å². The van der Waals surface area contributed by atoms with Crippen molar-refractivity contribution in [2.75, 3.05) is 5.73 Å². The number of halogens is 2. The molecular formula is C10H10ClFN4. The molecule has 4 nitrogen and oxygen atoms in total. The van der Waals surface area contributed by atoms with Crippen LogP contribution >= 0.6 is 11.6 Å². The van der Waals surface area contributed by atoms with Gasteiger partial charge in [0.15, 0.2) is 5.82 Å². The molecule has 6 heteroatoms. The molecule has 2 N–H and O–H groups in total. The van der Waals surface area contributed by atoms with Gasteiger partial charge in [0, 0.05) is 0 Å². The number of nitrogens with zero attached hydrogens (tertiary/aromatic N) is 3. The highest BCUT2D eigenvalue weighted by Gasteiger charge is 2.09. The molecule has 0 bridgehead atoms. The van der Waals surface area contributed by atoms with E-state index < -0.39 is 5.82 Å². The summed E-state index contributed by atoms with van der Waals surface area (Å²) in [6.07, 6.45) is 0. The standard InChI is InChI=1S/C10H10ClFN4/c1-6-10(13)14-15-16(6)5-7-3-2-4-8(12)9(7)11/h2-4H,5,13H2,1H3. The Bertz CT molecular complexity index is 524. The molecular weight excluding hydrogens is 231 g/mol. The van der Waals surface area contributed by atoms with E-state index in [1.807, 2.05) is 0 Å². The summed E-state index contributed by atoms with van der Waals surface area (Å²) in [7, 11) is 0. The Hall–Kier alpha value is -1.62. The summed E-state index contributed by atoms with van der Waals surface area (Å²) in [5.74, 6) is -0.0718. The summed E-state index contributed by atoms with van der Waals surface area (Å²) in [5, 5.41) is 7.67. The van der Waals surface area contributed by atoms with Crippen molar-refractivity contribution in [2.45, 2.75) is 13.5 Å². The zero-order valence-corrected chi connectivity index (χ0v) is 9.37. The maximum Gasteiger partial charge on any atom is 0.168 e. The number of rotatable bonds is 2. The SMILES string of the molecule is Cc1c(N)nnn1Cc1cccc(F)c1Cl. The molecule has 0 aliphatic rings. The predicted molar refractivity (Wildman–Crippen MR) is 59.7 cm³/mol. The molecule has 0 spiro atoms. The van der Waals surface area contributed by atoms with Gasteiger partial charge in [0.25, 0.3) is 0 Å². The number of aromatic nitrogens is 3. The summed E-state index contributed by atoms with van der Waals surface area (Å²) in [6.45, 7) is 2.15. The third-order valence-electron chi connectivity index (χ3n) is 2.37.